The summed E-state index contributed by atoms with van der Waals surface area (Å²) in [6.45, 7) is 1.81. The molecule has 0 saturated carbocycles. The Labute approximate surface area is 102 Å². The SMILES string of the molecule is COc1ccc(F)cc1CCN(C)CCS. The maximum Gasteiger partial charge on any atom is 0.123 e. The molecule has 1 aromatic carbocycles. The van der Waals surface area contributed by atoms with Crippen molar-refractivity contribution in [3.63, 3.8) is 0 Å². The number of hydrogen-bond acceptors (Lipinski definition) is 3. The predicted molar refractivity (Wildman–Crippen MR) is 68.0 cm³/mol. The van der Waals surface area contributed by atoms with Gasteiger partial charge in [-0.2, -0.15) is 12.6 Å². The smallest absolute Gasteiger partial charge is 0.123 e. The van der Waals surface area contributed by atoms with Crippen LogP contribution in [0.2, 0.25) is 0 Å². The Morgan fingerprint density at radius 2 is 2.12 bits per heavy atom. The predicted octanol–water partition coefficient (Wildman–Crippen LogP) is 2.24. The first-order valence-electron chi connectivity index (χ1n) is 5.29. The van der Waals surface area contributed by atoms with Crippen molar-refractivity contribution in [2.45, 2.75) is 6.42 Å². The van der Waals surface area contributed by atoms with E-state index in [1.807, 2.05) is 7.05 Å². The van der Waals surface area contributed by atoms with E-state index in [0.717, 1.165) is 36.6 Å². The van der Waals surface area contributed by atoms with Gasteiger partial charge in [0.25, 0.3) is 0 Å². The van der Waals surface area contributed by atoms with E-state index < -0.39 is 0 Å². The van der Waals surface area contributed by atoms with Gasteiger partial charge in [0.15, 0.2) is 0 Å². The number of thiol groups is 1. The van der Waals surface area contributed by atoms with E-state index in [-0.39, 0.29) is 5.82 Å². The Morgan fingerprint density at radius 3 is 2.75 bits per heavy atom. The van der Waals surface area contributed by atoms with Gasteiger partial charge in [-0.3, -0.25) is 0 Å². The molecule has 1 aromatic rings. The molecule has 0 fully saturated rings. The molecule has 0 spiro atoms. The number of likely N-dealkylation sites (N-methyl/N-ethyl adjacent to an activating group) is 1. The summed E-state index contributed by atoms with van der Waals surface area (Å²) < 4.78 is 18.3. The van der Waals surface area contributed by atoms with Gasteiger partial charge in [0.05, 0.1) is 7.11 Å². The van der Waals surface area contributed by atoms with Crippen molar-refractivity contribution in [2.24, 2.45) is 0 Å². The fourth-order valence-corrected chi connectivity index (χ4v) is 1.88. The molecule has 0 bridgehead atoms. The molecule has 0 aliphatic rings. The minimum atomic E-state index is -0.215. The van der Waals surface area contributed by atoms with Gasteiger partial charge in [-0.1, -0.05) is 0 Å². The minimum Gasteiger partial charge on any atom is -0.496 e. The summed E-state index contributed by atoms with van der Waals surface area (Å²) in [4.78, 5) is 2.16. The number of nitrogens with zero attached hydrogens (tertiary/aromatic N) is 1. The van der Waals surface area contributed by atoms with Crippen molar-refractivity contribution in [3.05, 3.63) is 29.6 Å². The molecular weight excluding hydrogens is 225 g/mol. The molecule has 0 atom stereocenters. The zero-order valence-corrected chi connectivity index (χ0v) is 10.6. The summed E-state index contributed by atoms with van der Waals surface area (Å²) in [5.74, 6) is 1.37. The van der Waals surface area contributed by atoms with Gasteiger partial charge in [-0.25, -0.2) is 4.39 Å². The fraction of sp³-hybridized carbons (Fsp3) is 0.500. The van der Waals surface area contributed by atoms with Crippen LogP contribution in [0.4, 0.5) is 4.39 Å². The number of benzene rings is 1. The van der Waals surface area contributed by atoms with Crippen LogP contribution < -0.4 is 4.74 Å². The van der Waals surface area contributed by atoms with E-state index in [2.05, 4.69) is 17.5 Å². The lowest BCUT2D eigenvalue weighted by molar-refractivity contribution is 0.354. The fourth-order valence-electron chi connectivity index (χ4n) is 1.54. The molecule has 2 nitrogen and oxygen atoms in total. The molecule has 0 unspecified atom stereocenters. The number of rotatable bonds is 6. The number of halogens is 1. The quantitative estimate of drug-likeness (QED) is 0.769. The third kappa shape index (κ3) is 4.02. The average Bonchev–Trinajstić information content (AvgIpc) is 2.27. The molecule has 4 heteroatoms. The normalized spacial score (nSPS) is 10.8. The standard InChI is InChI=1S/C12H18FNOS/c1-14(7-8-16)6-5-10-9-11(13)3-4-12(10)15-2/h3-4,9,16H,5-8H2,1-2H3. The van der Waals surface area contributed by atoms with Gasteiger partial charge in [0.1, 0.15) is 11.6 Å². The van der Waals surface area contributed by atoms with Crippen LogP contribution >= 0.6 is 12.6 Å². The van der Waals surface area contributed by atoms with E-state index in [1.54, 1.807) is 13.2 Å². The average molecular weight is 243 g/mol. The van der Waals surface area contributed by atoms with Gasteiger partial charge in [0.2, 0.25) is 0 Å². The highest BCUT2D eigenvalue weighted by molar-refractivity contribution is 7.80. The molecule has 90 valence electrons. The largest absolute Gasteiger partial charge is 0.496 e. The van der Waals surface area contributed by atoms with E-state index in [1.165, 1.54) is 12.1 Å². The summed E-state index contributed by atoms with van der Waals surface area (Å²) in [5, 5.41) is 0. The second kappa shape index (κ2) is 6.76. The molecule has 0 heterocycles. The van der Waals surface area contributed by atoms with Crippen LogP contribution in [0.15, 0.2) is 18.2 Å². The number of methoxy groups -OCH3 is 1. The lowest BCUT2D eigenvalue weighted by Crippen LogP contribution is -2.23. The molecule has 0 aromatic heterocycles. The summed E-state index contributed by atoms with van der Waals surface area (Å²) in [6, 6.07) is 4.62. The van der Waals surface area contributed by atoms with E-state index in [9.17, 15) is 4.39 Å². The van der Waals surface area contributed by atoms with Crippen molar-refractivity contribution in [3.8, 4) is 5.75 Å². The van der Waals surface area contributed by atoms with Gasteiger partial charge in [-0.15, -0.1) is 0 Å². The number of ether oxygens (including phenoxy) is 1. The van der Waals surface area contributed by atoms with Crippen LogP contribution in [-0.2, 0) is 6.42 Å². The highest BCUT2D eigenvalue weighted by Crippen LogP contribution is 2.19. The Balaban J connectivity index is 2.61. The van der Waals surface area contributed by atoms with E-state index >= 15 is 0 Å². The lowest BCUT2D eigenvalue weighted by Gasteiger charge is -2.16. The zero-order chi connectivity index (χ0) is 12.0. The minimum absolute atomic E-state index is 0.215. The maximum absolute atomic E-state index is 13.1. The molecular formula is C12H18FNOS. The van der Waals surface area contributed by atoms with E-state index in [0.29, 0.717) is 0 Å². The van der Waals surface area contributed by atoms with Crippen molar-refractivity contribution >= 4 is 12.6 Å². The first-order chi connectivity index (χ1) is 7.67. The Hall–Kier alpha value is -0.740. The van der Waals surface area contributed by atoms with E-state index in [4.69, 9.17) is 4.74 Å². The van der Waals surface area contributed by atoms with Crippen LogP contribution in [0.5, 0.6) is 5.75 Å². The van der Waals surface area contributed by atoms with Crippen LogP contribution in [-0.4, -0.2) is 37.9 Å². The van der Waals surface area contributed by atoms with Crippen molar-refractivity contribution in [1.29, 1.82) is 0 Å². The van der Waals surface area contributed by atoms with Crippen molar-refractivity contribution in [2.75, 3.05) is 33.0 Å². The monoisotopic (exact) mass is 243 g/mol. The summed E-state index contributed by atoms with van der Waals surface area (Å²) in [7, 11) is 3.64. The molecule has 0 amide bonds. The second-order valence-corrected chi connectivity index (χ2v) is 4.18. The lowest BCUT2D eigenvalue weighted by atomic mass is 10.1. The zero-order valence-electron chi connectivity index (χ0n) is 9.74. The summed E-state index contributed by atoms with van der Waals surface area (Å²) >= 11 is 4.17. The van der Waals surface area contributed by atoms with Crippen LogP contribution in [0.25, 0.3) is 0 Å². The van der Waals surface area contributed by atoms with Gasteiger partial charge >= 0.3 is 0 Å². The molecule has 0 aliphatic carbocycles. The Morgan fingerprint density at radius 1 is 1.38 bits per heavy atom. The first kappa shape index (κ1) is 13.3. The van der Waals surface area contributed by atoms with Gasteiger partial charge < -0.3 is 9.64 Å². The third-order valence-electron chi connectivity index (χ3n) is 2.49. The Kier molecular flexibility index (Phi) is 5.63. The van der Waals surface area contributed by atoms with Crippen LogP contribution in [0.1, 0.15) is 5.56 Å². The van der Waals surface area contributed by atoms with Crippen LogP contribution in [0.3, 0.4) is 0 Å². The molecule has 1 rings (SSSR count). The molecule has 0 radical (unpaired) electrons. The summed E-state index contributed by atoms with van der Waals surface area (Å²) in [6.07, 6.45) is 0.783. The maximum atomic E-state index is 13.1. The topological polar surface area (TPSA) is 12.5 Å². The molecule has 0 saturated heterocycles. The Bertz CT molecular complexity index is 333. The van der Waals surface area contributed by atoms with Gasteiger partial charge in [0, 0.05) is 18.8 Å². The van der Waals surface area contributed by atoms with Crippen molar-refractivity contribution in [1.82, 2.24) is 4.90 Å². The third-order valence-corrected chi connectivity index (χ3v) is 2.69. The molecule has 16 heavy (non-hydrogen) atoms. The van der Waals surface area contributed by atoms with Gasteiger partial charge in [-0.05, 0) is 37.2 Å². The molecule has 0 N–H and O–H groups in total. The number of hydrogen-bond donors (Lipinski definition) is 1. The highest BCUT2D eigenvalue weighted by atomic mass is 32.1. The second-order valence-electron chi connectivity index (χ2n) is 3.73. The van der Waals surface area contributed by atoms with Crippen LogP contribution in [0, 0.1) is 5.82 Å². The van der Waals surface area contributed by atoms with Crippen molar-refractivity contribution < 1.29 is 9.13 Å². The molecule has 0 aliphatic heterocycles. The highest BCUT2D eigenvalue weighted by Gasteiger charge is 2.05. The first-order valence-corrected chi connectivity index (χ1v) is 5.92. The summed E-state index contributed by atoms with van der Waals surface area (Å²) in [5.41, 5.74) is 0.911.